The summed E-state index contributed by atoms with van der Waals surface area (Å²) in [5.41, 5.74) is 5.85. The van der Waals surface area contributed by atoms with Gasteiger partial charge in [0.15, 0.2) is 5.69 Å². The van der Waals surface area contributed by atoms with Crippen molar-refractivity contribution < 1.29 is 9.53 Å². The number of nitrogens with two attached hydrogens (primary N) is 1. The highest BCUT2D eigenvalue weighted by atomic mass is 16.5. The van der Waals surface area contributed by atoms with Crippen molar-refractivity contribution in [1.29, 1.82) is 0 Å². The van der Waals surface area contributed by atoms with Crippen LogP contribution in [0.3, 0.4) is 0 Å². The van der Waals surface area contributed by atoms with Crippen molar-refractivity contribution in [3.05, 3.63) is 11.5 Å². The van der Waals surface area contributed by atoms with E-state index in [1.165, 1.54) is 7.11 Å². The van der Waals surface area contributed by atoms with Gasteiger partial charge in [0, 0.05) is 5.54 Å². The molecule has 0 atom stereocenters. The number of hydrogen-bond acceptors (Lipinski definition) is 4. The molecule has 5 nitrogen and oxygen atoms in total. The fourth-order valence-electron chi connectivity index (χ4n) is 1.64. The molecule has 1 heterocycles. The first-order valence-corrected chi connectivity index (χ1v) is 4.72. The van der Waals surface area contributed by atoms with E-state index in [0.29, 0.717) is 11.6 Å². The maximum Gasteiger partial charge on any atom is 0.360 e. The van der Waals surface area contributed by atoms with Crippen molar-refractivity contribution in [3.8, 4) is 0 Å². The average molecular weight is 211 g/mol. The van der Waals surface area contributed by atoms with Crippen molar-refractivity contribution in [2.24, 2.45) is 0 Å². The predicted octanol–water partition coefficient (Wildman–Crippen LogP) is 1.32. The van der Waals surface area contributed by atoms with E-state index in [4.69, 9.17) is 5.73 Å². The van der Waals surface area contributed by atoms with Crippen LogP contribution in [0.4, 0.5) is 5.82 Å². The van der Waals surface area contributed by atoms with Gasteiger partial charge < -0.3 is 15.0 Å². The molecule has 1 aromatic rings. The summed E-state index contributed by atoms with van der Waals surface area (Å²) in [5.74, 6) is 0.561. The fraction of sp³-hybridized carbons (Fsp3) is 0.600. The van der Waals surface area contributed by atoms with Gasteiger partial charge >= 0.3 is 5.97 Å². The third-order valence-corrected chi connectivity index (χ3v) is 2.13. The largest absolute Gasteiger partial charge is 0.464 e. The average Bonchev–Trinajstić information content (AvgIpc) is 2.39. The number of carbonyl (C=O) groups is 1. The quantitative estimate of drug-likeness (QED) is 0.711. The highest BCUT2D eigenvalue weighted by Crippen LogP contribution is 2.24. The number of rotatable bonds is 1. The van der Waals surface area contributed by atoms with Crippen molar-refractivity contribution in [1.82, 2.24) is 9.55 Å². The number of nitrogen functional groups attached to an aromatic ring is 1. The third kappa shape index (κ3) is 1.95. The highest BCUT2D eigenvalue weighted by Gasteiger charge is 2.25. The minimum absolute atomic E-state index is 0.185. The Labute approximate surface area is 89.2 Å². The third-order valence-electron chi connectivity index (χ3n) is 2.13. The van der Waals surface area contributed by atoms with Crippen molar-refractivity contribution in [2.45, 2.75) is 33.2 Å². The van der Waals surface area contributed by atoms with E-state index in [1.54, 1.807) is 0 Å². The second kappa shape index (κ2) is 3.56. The van der Waals surface area contributed by atoms with E-state index in [1.807, 2.05) is 32.3 Å². The van der Waals surface area contributed by atoms with Crippen molar-refractivity contribution >= 4 is 11.8 Å². The van der Waals surface area contributed by atoms with Crippen LogP contribution in [0.5, 0.6) is 0 Å². The molecule has 2 N–H and O–H groups in total. The maximum atomic E-state index is 11.3. The highest BCUT2D eigenvalue weighted by molar-refractivity contribution is 5.92. The molecule has 0 aliphatic carbocycles. The number of aromatic nitrogens is 2. The number of imidazole rings is 1. The van der Waals surface area contributed by atoms with Crippen LogP contribution < -0.4 is 5.73 Å². The molecule has 0 saturated heterocycles. The first kappa shape index (κ1) is 11.6. The number of aryl methyl sites for hydroxylation is 1. The molecule has 0 spiro atoms. The number of nitrogens with zero attached hydrogens (tertiary/aromatic N) is 2. The lowest BCUT2D eigenvalue weighted by molar-refractivity contribution is 0.0595. The summed E-state index contributed by atoms with van der Waals surface area (Å²) < 4.78 is 6.42. The van der Waals surface area contributed by atoms with Gasteiger partial charge in [0.1, 0.15) is 11.6 Å². The van der Waals surface area contributed by atoms with E-state index in [-0.39, 0.29) is 11.2 Å². The van der Waals surface area contributed by atoms with Crippen LogP contribution in [-0.2, 0) is 10.3 Å². The van der Waals surface area contributed by atoms with E-state index < -0.39 is 5.97 Å². The van der Waals surface area contributed by atoms with Gasteiger partial charge in [-0.05, 0) is 27.7 Å². The minimum atomic E-state index is -0.501. The molecule has 0 aliphatic rings. The molecule has 0 amide bonds. The Morgan fingerprint density at radius 2 is 2.00 bits per heavy atom. The Bertz CT molecular complexity index is 388. The zero-order valence-corrected chi connectivity index (χ0v) is 9.79. The Balaban J connectivity index is 3.33. The zero-order chi connectivity index (χ0) is 11.8. The SMILES string of the molecule is COC(=O)c1nc(C)n(C(C)(C)C)c1N. The number of anilines is 1. The van der Waals surface area contributed by atoms with Gasteiger partial charge in [0.2, 0.25) is 0 Å². The van der Waals surface area contributed by atoms with Crippen LogP contribution in [0.2, 0.25) is 0 Å². The molecular formula is C10H17N3O2. The van der Waals surface area contributed by atoms with E-state index in [0.717, 1.165) is 0 Å². The molecule has 0 aliphatic heterocycles. The first-order valence-electron chi connectivity index (χ1n) is 4.72. The second-order valence-electron chi connectivity index (χ2n) is 4.39. The molecule has 0 aromatic carbocycles. The molecule has 0 saturated carbocycles. The number of esters is 1. The topological polar surface area (TPSA) is 70.1 Å². The van der Waals surface area contributed by atoms with Crippen LogP contribution in [-0.4, -0.2) is 22.6 Å². The molecule has 0 radical (unpaired) electrons. The Morgan fingerprint density at radius 1 is 1.47 bits per heavy atom. The summed E-state index contributed by atoms with van der Waals surface area (Å²) in [4.78, 5) is 15.5. The minimum Gasteiger partial charge on any atom is -0.464 e. The van der Waals surface area contributed by atoms with Crippen LogP contribution >= 0.6 is 0 Å². The first-order chi connectivity index (χ1) is 6.79. The van der Waals surface area contributed by atoms with Crippen molar-refractivity contribution in [2.75, 3.05) is 12.8 Å². The Morgan fingerprint density at radius 3 is 2.33 bits per heavy atom. The molecule has 1 rings (SSSR count). The summed E-state index contributed by atoms with van der Waals surface area (Å²) in [6.45, 7) is 7.81. The molecule has 5 heteroatoms. The Hall–Kier alpha value is -1.52. The predicted molar refractivity (Wildman–Crippen MR) is 57.7 cm³/mol. The Kier molecular flexibility index (Phi) is 2.75. The van der Waals surface area contributed by atoms with Gasteiger partial charge in [-0.25, -0.2) is 9.78 Å². The molecule has 15 heavy (non-hydrogen) atoms. The van der Waals surface area contributed by atoms with Crippen molar-refractivity contribution in [3.63, 3.8) is 0 Å². The second-order valence-corrected chi connectivity index (χ2v) is 4.39. The normalized spacial score (nSPS) is 11.5. The molecule has 84 valence electrons. The molecular weight excluding hydrogens is 194 g/mol. The summed E-state index contributed by atoms with van der Waals surface area (Å²) in [7, 11) is 1.31. The van der Waals surface area contributed by atoms with Crippen LogP contribution in [0.25, 0.3) is 0 Å². The summed E-state index contributed by atoms with van der Waals surface area (Å²) >= 11 is 0. The summed E-state index contributed by atoms with van der Waals surface area (Å²) in [5, 5.41) is 0. The molecule has 0 unspecified atom stereocenters. The van der Waals surface area contributed by atoms with Gasteiger partial charge in [0.05, 0.1) is 7.11 Å². The molecule has 0 bridgehead atoms. The molecule has 0 fully saturated rings. The monoisotopic (exact) mass is 211 g/mol. The number of methoxy groups -OCH3 is 1. The van der Waals surface area contributed by atoms with Crippen LogP contribution in [0, 0.1) is 6.92 Å². The number of hydrogen-bond donors (Lipinski definition) is 1. The number of carbonyl (C=O) groups excluding carboxylic acids is 1. The van der Waals surface area contributed by atoms with E-state index >= 15 is 0 Å². The van der Waals surface area contributed by atoms with Crippen LogP contribution in [0.15, 0.2) is 0 Å². The lowest BCUT2D eigenvalue weighted by Crippen LogP contribution is -2.25. The standard InChI is InChI=1S/C10H17N3O2/c1-6-12-7(9(14)15-5)8(11)13(6)10(2,3)4/h11H2,1-5H3. The zero-order valence-electron chi connectivity index (χ0n) is 9.79. The van der Waals surface area contributed by atoms with E-state index in [2.05, 4.69) is 9.72 Å². The van der Waals surface area contributed by atoms with Crippen LogP contribution in [0.1, 0.15) is 37.1 Å². The van der Waals surface area contributed by atoms with Gasteiger partial charge in [-0.15, -0.1) is 0 Å². The lowest BCUT2D eigenvalue weighted by Gasteiger charge is -2.23. The lowest BCUT2D eigenvalue weighted by atomic mass is 10.1. The van der Waals surface area contributed by atoms with Gasteiger partial charge in [0.25, 0.3) is 0 Å². The van der Waals surface area contributed by atoms with Gasteiger partial charge in [-0.2, -0.15) is 0 Å². The maximum absolute atomic E-state index is 11.3. The number of ether oxygens (including phenoxy) is 1. The molecule has 1 aromatic heterocycles. The van der Waals surface area contributed by atoms with E-state index in [9.17, 15) is 4.79 Å². The van der Waals surface area contributed by atoms with Gasteiger partial charge in [-0.1, -0.05) is 0 Å². The summed E-state index contributed by atoms with van der Waals surface area (Å²) in [6.07, 6.45) is 0. The smallest absolute Gasteiger partial charge is 0.360 e. The fourth-order valence-corrected chi connectivity index (χ4v) is 1.64. The summed E-state index contributed by atoms with van der Waals surface area (Å²) in [6, 6.07) is 0. The van der Waals surface area contributed by atoms with Gasteiger partial charge in [-0.3, -0.25) is 0 Å².